The molecule has 414 valence electrons. The topological polar surface area (TPSA) is 273 Å². The molecular weight excluding hydrogens is 1060 g/mol. The molecule has 0 aliphatic rings. The molecule has 0 saturated carbocycles. The Morgan fingerprint density at radius 3 is 1.37 bits per heavy atom. The van der Waals surface area contributed by atoms with Crippen LogP contribution in [0.2, 0.25) is 5.02 Å². The van der Waals surface area contributed by atoms with Crippen molar-refractivity contribution in [2.75, 3.05) is 23.1 Å². The van der Waals surface area contributed by atoms with Crippen LogP contribution in [0.4, 0.5) is 34.9 Å². The number of hydrogen-bond donors (Lipinski definition) is 4. The summed E-state index contributed by atoms with van der Waals surface area (Å²) in [6, 6.07) is 17.0. The van der Waals surface area contributed by atoms with Crippen LogP contribution >= 0.6 is 11.6 Å². The number of anilines is 6. The zero-order valence-corrected chi connectivity index (χ0v) is 47.4. The molecule has 0 spiro atoms. The first-order valence-corrected chi connectivity index (χ1v) is 26.5. The highest BCUT2D eigenvalue weighted by Crippen LogP contribution is 2.36. The van der Waals surface area contributed by atoms with Gasteiger partial charge in [0.1, 0.15) is 34.0 Å². The number of nitrogens with one attached hydrogen (secondary N) is 4. The second-order valence-electron chi connectivity index (χ2n) is 20.1. The Hall–Kier alpha value is -10.2. The molecule has 12 heterocycles. The molecule has 0 bridgehead atoms. The van der Waals surface area contributed by atoms with Crippen LogP contribution in [0.5, 0.6) is 5.75 Å². The van der Waals surface area contributed by atoms with Crippen LogP contribution < -0.4 is 26.1 Å². The quantitative estimate of drug-likeness (QED) is 0.0835. The number of aromatic amines is 1. The molecule has 0 aliphatic carbocycles. The Labute approximate surface area is 475 Å². The smallest absolute Gasteiger partial charge is 0.215 e. The third-order valence-electron chi connectivity index (χ3n) is 13.1. The normalized spacial score (nSPS) is 11.2. The van der Waals surface area contributed by atoms with Gasteiger partial charge in [-0.25, -0.2) is 15.0 Å². The summed E-state index contributed by atoms with van der Waals surface area (Å²) >= 11 is 6.63. The molecule has 0 atom stereocenters. The summed E-state index contributed by atoms with van der Waals surface area (Å²) in [5, 5.41) is 47.1. The summed E-state index contributed by atoms with van der Waals surface area (Å²) in [5.41, 5.74) is 11.6. The second-order valence-corrected chi connectivity index (χ2v) is 20.5. The van der Waals surface area contributed by atoms with E-state index in [9.17, 15) is 4.79 Å². The number of methoxy groups -OCH3 is 1. The second kappa shape index (κ2) is 24.1. The molecule has 0 fully saturated rings. The lowest BCUT2D eigenvalue weighted by atomic mass is 10.1. The van der Waals surface area contributed by atoms with Crippen molar-refractivity contribution in [2.24, 2.45) is 21.1 Å². The van der Waals surface area contributed by atoms with Gasteiger partial charge < -0.3 is 25.7 Å². The minimum atomic E-state index is -0.151. The van der Waals surface area contributed by atoms with Gasteiger partial charge in [0.15, 0.2) is 23.2 Å². The van der Waals surface area contributed by atoms with Crippen LogP contribution in [0.25, 0.3) is 66.5 Å². The van der Waals surface area contributed by atoms with E-state index in [0.29, 0.717) is 91.1 Å². The van der Waals surface area contributed by atoms with Crippen LogP contribution in [0.3, 0.4) is 0 Å². The van der Waals surface area contributed by atoms with Gasteiger partial charge in [-0.05, 0) is 89.0 Å². The van der Waals surface area contributed by atoms with Gasteiger partial charge in [0, 0.05) is 86.1 Å². The SMILES string of the molecule is CC(C)c1cnnc(Nc2ccc3[nH]cc(-c4cnn(C)c4)c(=O)c3n2)c1.CC(C)c1cnnc(Nc2ccc3ncc(-c4cnn(C)c4)c(Cl)c3n2)c1.COc1c(-c2cnn(C)c2)cnc2ccc(Nc3cc(C(C)C)cnn3)nc12. The minimum absolute atomic E-state index is 0.151. The molecule has 0 aliphatic heterocycles. The number of hydrogen-bond acceptors (Lipinski definition) is 19. The summed E-state index contributed by atoms with van der Waals surface area (Å²) in [5.74, 6) is 5.42. The minimum Gasteiger partial charge on any atom is -0.494 e. The standard InChI is InChI=1S/C20H21N7O.C19H18ClN7.C19H19N7O/c1-12(2)13-7-18(26-22-8-13)24-17-6-5-16-19(25-17)20(28-4)15(10-21-16)14-9-23-27(3)11-14;1-11(2)12-6-17(26-22-7-12)24-16-5-4-15-19(25-16)18(20)14(9-21-15)13-8-23-27(3)10-13;1-11(2)12-6-17(25-21-7-12)23-16-5-4-15-18(24-16)19(27)14(9-20-15)13-8-22-26(3)10-13/h5-12H,1-4H3,(H,24,25,26);4-11H,1-3H3,(H,24,25,26);4-11H,1-3H3,(H,20,27)(H,23,24,25). The van der Waals surface area contributed by atoms with Crippen molar-refractivity contribution in [3.05, 3.63) is 161 Å². The Morgan fingerprint density at radius 1 is 0.500 bits per heavy atom. The molecule has 0 amide bonds. The Balaban J connectivity index is 0.000000138. The van der Waals surface area contributed by atoms with Crippen LogP contribution in [0, 0.1) is 0 Å². The van der Waals surface area contributed by atoms with Gasteiger partial charge in [0.2, 0.25) is 5.43 Å². The Bertz CT molecular complexity index is 4300. The lowest BCUT2D eigenvalue weighted by Gasteiger charge is -2.12. The van der Waals surface area contributed by atoms with Crippen LogP contribution in [0.1, 0.15) is 76.0 Å². The number of fused-ring (bicyclic) bond motifs is 3. The fraction of sp³-hybridized carbons (Fsp3) is 0.224. The van der Waals surface area contributed by atoms with E-state index in [1.54, 1.807) is 89.2 Å². The zero-order chi connectivity index (χ0) is 57.6. The number of pyridine rings is 6. The molecule has 0 saturated heterocycles. The van der Waals surface area contributed by atoms with Gasteiger partial charge in [-0.1, -0.05) is 53.1 Å². The fourth-order valence-corrected chi connectivity index (χ4v) is 8.85. The van der Waals surface area contributed by atoms with E-state index in [1.165, 1.54) is 0 Å². The number of H-pyrrole nitrogens is 1. The highest BCUT2D eigenvalue weighted by Gasteiger charge is 2.17. The summed E-state index contributed by atoms with van der Waals surface area (Å²) in [6.45, 7) is 12.6. The number of nitrogens with zero attached hydrogens (tertiary/aromatic N) is 17. The number of aromatic nitrogens is 18. The predicted octanol–water partition coefficient (Wildman–Crippen LogP) is 11.0. The highest BCUT2D eigenvalue weighted by atomic mass is 35.5. The molecular formula is C58H58ClN21O2. The third kappa shape index (κ3) is 12.5. The Morgan fingerprint density at radius 2 is 0.915 bits per heavy atom. The number of ether oxygens (including phenoxy) is 1. The molecule has 23 nitrogen and oxygen atoms in total. The summed E-state index contributed by atoms with van der Waals surface area (Å²) < 4.78 is 10.8. The van der Waals surface area contributed by atoms with Crippen LogP contribution in [-0.2, 0) is 21.1 Å². The van der Waals surface area contributed by atoms with Gasteiger partial charge in [-0.3, -0.25) is 28.8 Å². The first-order chi connectivity index (χ1) is 39.6. The number of halogens is 1. The molecule has 12 aromatic heterocycles. The fourth-order valence-electron chi connectivity index (χ4n) is 8.56. The Kier molecular flexibility index (Phi) is 16.2. The first kappa shape index (κ1) is 55.2. The summed E-state index contributed by atoms with van der Waals surface area (Å²) in [6.07, 6.45) is 21.3. The van der Waals surface area contributed by atoms with Gasteiger partial charge >= 0.3 is 0 Å². The van der Waals surface area contributed by atoms with Gasteiger partial charge in [0.05, 0.1) is 71.4 Å². The molecule has 82 heavy (non-hydrogen) atoms. The van der Waals surface area contributed by atoms with Crippen LogP contribution in [-0.4, -0.2) is 96.9 Å². The summed E-state index contributed by atoms with van der Waals surface area (Å²) in [7, 11) is 7.18. The molecule has 0 unspecified atom stereocenters. The van der Waals surface area contributed by atoms with E-state index in [-0.39, 0.29) is 5.43 Å². The van der Waals surface area contributed by atoms with Crippen molar-refractivity contribution < 1.29 is 4.74 Å². The molecule has 24 heteroatoms. The first-order valence-electron chi connectivity index (χ1n) is 26.1. The van der Waals surface area contributed by atoms with E-state index < -0.39 is 0 Å². The average molecular weight is 1120 g/mol. The summed E-state index contributed by atoms with van der Waals surface area (Å²) in [4.78, 5) is 38.9. The van der Waals surface area contributed by atoms with Gasteiger partial charge in [-0.15, -0.1) is 15.3 Å². The molecule has 4 N–H and O–H groups in total. The van der Waals surface area contributed by atoms with Crippen molar-refractivity contribution >= 4 is 79.6 Å². The lowest BCUT2D eigenvalue weighted by molar-refractivity contribution is 0.420. The monoisotopic (exact) mass is 1120 g/mol. The van der Waals surface area contributed by atoms with Crippen LogP contribution in [0.15, 0.2) is 134 Å². The van der Waals surface area contributed by atoms with Crippen molar-refractivity contribution in [1.82, 2.24) is 89.8 Å². The third-order valence-corrected chi connectivity index (χ3v) is 13.5. The van der Waals surface area contributed by atoms with E-state index in [2.05, 4.69) is 128 Å². The molecule has 12 rings (SSSR count). The highest BCUT2D eigenvalue weighted by molar-refractivity contribution is 6.37. The molecule has 0 radical (unpaired) electrons. The molecule has 12 aromatic rings. The maximum absolute atomic E-state index is 12.9. The maximum atomic E-state index is 12.9. The maximum Gasteiger partial charge on any atom is 0.215 e. The van der Waals surface area contributed by atoms with Crippen molar-refractivity contribution in [3.8, 4) is 39.1 Å². The number of rotatable bonds is 13. The van der Waals surface area contributed by atoms with Gasteiger partial charge in [-0.2, -0.15) is 30.6 Å². The van der Waals surface area contributed by atoms with Crippen molar-refractivity contribution in [2.45, 2.75) is 59.3 Å². The van der Waals surface area contributed by atoms with Crippen molar-refractivity contribution in [3.63, 3.8) is 0 Å². The van der Waals surface area contributed by atoms with E-state index in [0.717, 1.165) is 55.5 Å². The number of aryl methyl sites for hydroxylation is 3. The molecule has 0 aromatic carbocycles. The lowest BCUT2D eigenvalue weighted by Crippen LogP contribution is -2.09. The van der Waals surface area contributed by atoms with E-state index in [1.807, 2.05) is 82.1 Å². The average Bonchev–Trinajstić information content (AvgIpc) is 4.38. The van der Waals surface area contributed by atoms with E-state index in [4.69, 9.17) is 21.3 Å². The van der Waals surface area contributed by atoms with E-state index >= 15 is 0 Å². The zero-order valence-electron chi connectivity index (χ0n) is 46.7. The predicted molar refractivity (Wildman–Crippen MR) is 318 cm³/mol. The van der Waals surface area contributed by atoms with Gasteiger partial charge in [0.25, 0.3) is 0 Å². The van der Waals surface area contributed by atoms with Crippen molar-refractivity contribution in [1.29, 1.82) is 0 Å². The largest absolute Gasteiger partial charge is 0.494 e.